The Morgan fingerprint density at radius 1 is 0.957 bits per heavy atom. The van der Waals surface area contributed by atoms with Gasteiger partial charge in [0, 0.05) is 17.7 Å². The minimum Gasteiger partial charge on any atom is -0.490 e. The standard InChI is InChI=1S/C34H33N3O8S/c1-5-42-27-17-14-24(18-28(27)43-6-2)31-30(33(39)44-7-3)21(4)35-34-36(31)32(38)29(46-34)19-23-10-8-9-11-26(23)45-20-22-12-15-25(16-13-22)37(40)41/h8-19,31H,5-7,20H2,1-4H3/b29-19-/t31-/m1/s1. The summed E-state index contributed by atoms with van der Waals surface area (Å²) >= 11 is 1.21. The fourth-order valence-electron chi connectivity index (χ4n) is 5.09. The van der Waals surface area contributed by atoms with Crippen LogP contribution in [0.4, 0.5) is 5.69 Å². The Balaban J connectivity index is 1.58. The molecular formula is C34H33N3O8S. The number of rotatable bonds is 12. The number of nitrogens with zero attached hydrogens (tertiary/aromatic N) is 3. The SMILES string of the molecule is CCOC(=O)C1=C(C)N=c2s/c(=C\c3ccccc3OCc3ccc([N+](=O)[O-])cc3)c(=O)n2[C@@H]1c1ccc(OCC)c(OCC)c1. The maximum atomic E-state index is 14.1. The third-order valence-electron chi connectivity index (χ3n) is 7.15. The van der Waals surface area contributed by atoms with Gasteiger partial charge in [-0.2, -0.15) is 0 Å². The number of hydrogen-bond donors (Lipinski definition) is 0. The predicted octanol–water partition coefficient (Wildman–Crippen LogP) is 5.08. The highest BCUT2D eigenvalue weighted by molar-refractivity contribution is 7.07. The molecule has 0 N–H and O–H groups in total. The first-order valence-corrected chi connectivity index (χ1v) is 15.6. The molecule has 0 aliphatic carbocycles. The summed E-state index contributed by atoms with van der Waals surface area (Å²) in [7, 11) is 0. The molecule has 1 aliphatic rings. The van der Waals surface area contributed by atoms with Crippen molar-refractivity contribution in [1.82, 2.24) is 4.57 Å². The molecule has 5 rings (SSSR count). The summed E-state index contributed by atoms with van der Waals surface area (Å²) in [6.07, 6.45) is 1.74. The number of esters is 1. The number of fused-ring (bicyclic) bond motifs is 1. The molecule has 3 aromatic carbocycles. The van der Waals surface area contributed by atoms with Crippen LogP contribution in [0.3, 0.4) is 0 Å². The molecule has 46 heavy (non-hydrogen) atoms. The van der Waals surface area contributed by atoms with Crippen molar-refractivity contribution in [1.29, 1.82) is 0 Å². The van der Waals surface area contributed by atoms with E-state index in [4.69, 9.17) is 18.9 Å². The Morgan fingerprint density at radius 2 is 1.67 bits per heavy atom. The second-order valence-electron chi connectivity index (χ2n) is 10.1. The van der Waals surface area contributed by atoms with Crippen molar-refractivity contribution in [2.45, 2.75) is 40.3 Å². The number of carbonyl (C=O) groups is 1. The second kappa shape index (κ2) is 14.2. The van der Waals surface area contributed by atoms with E-state index in [0.717, 1.165) is 5.56 Å². The first-order valence-electron chi connectivity index (χ1n) is 14.8. The van der Waals surface area contributed by atoms with Gasteiger partial charge in [-0.05, 0) is 75.2 Å². The normalized spacial score (nSPS) is 14.3. The van der Waals surface area contributed by atoms with Crippen LogP contribution in [0.5, 0.6) is 17.2 Å². The van der Waals surface area contributed by atoms with Gasteiger partial charge in [0.1, 0.15) is 12.4 Å². The molecule has 1 aromatic heterocycles. The monoisotopic (exact) mass is 643 g/mol. The van der Waals surface area contributed by atoms with Gasteiger partial charge >= 0.3 is 5.97 Å². The zero-order valence-electron chi connectivity index (χ0n) is 25.8. The van der Waals surface area contributed by atoms with Crippen LogP contribution in [0.1, 0.15) is 50.4 Å². The Bertz CT molecular complexity index is 1980. The van der Waals surface area contributed by atoms with Crippen molar-refractivity contribution >= 4 is 29.1 Å². The number of benzene rings is 3. The number of nitro groups is 1. The van der Waals surface area contributed by atoms with Gasteiger partial charge < -0.3 is 18.9 Å². The summed E-state index contributed by atoms with van der Waals surface area (Å²) in [4.78, 5) is 43.1. The van der Waals surface area contributed by atoms with Crippen molar-refractivity contribution in [3.8, 4) is 17.2 Å². The average molecular weight is 644 g/mol. The summed E-state index contributed by atoms with van der Waals surface area (Å²) < 4.78 is 25.0. The Labute approximate surface area is 268 Å². The highest BCUT2D eigenvalue weighted by Crippen LogP contribution is 2.36. The number of aromatic nitrogens is 1. The number of para-hydroxylation sites is 1. The number of carbonyl (C=O) groups excluding carboxylic acids is 1. The molecule has 2 heterocycles. The fraction of sp³-hybridized carbons (Fsp3) is 0.265. The molecule has 0 spiro atoms. The Morgan fingerprint density at radius 3 is 2.37 bits per heavy atom. The van der Waals surface area contributed by atoms with E-state index in [1.807, 2.05) is 38.1 Å². The van der Waals surface area contributed by atoms with E-state index < -0.39 is 16.9 Å². The molecular weight excluding hydrogens is 610 g/mol. The van der Waals surface area contributed by atoms with Crippen LogP contribution in [-0.4, -0.2) is 35.3 Å². The topological polar surface area (TPSA) is 131 Å². The molecule has 238 valence electrons. The summed E-state index contributed by atoms with van der Waals surface area (Å²) in [6, 6.07) is 18.0. The largest absolute Gasteiger partial charge is 0.490 e. The van der Waals surface area contributed by atoms with Gasteiger partial charge in [-0.1, -0.05) is 35.6 Å². The summed E-state index contributed by atoms with van der Waals surface area (Å²) in [5, 5.41) is 11.0. The molecule has 11 nitrogen and oxygen atoms in total. The molecule has 0 fully saturated rings. The van der Waals surface area contributed by atoms with E-state index in [1.165, 1.54) is 28.0 Å². The lowest BCUT2D eigenvalue weighted by Gasteiger charge is -2.25. The van der Waals surface area contributed by atoms with Crippen LogP contribution in [0.15, 0.2) is 87.8 Å². The van der Waals surface area contributed by atoms with Crippen LogP contribution in [0.25, 0.3) is 6.08 Å². The van der Waals surface area contributed by atoms with E-state index in [1.54, 1.807) is 50.3 Å². The molecule has 0 radical (unpaired) electrons. The molecule has 0 amide bonds. The maximum absolute atomic E-state index is 14.1. The molecule has 1 aliphatic heterocycles. The highest BCUT2D eigenvalue weighted by atomic mass is 32.1. The van der Waals surface area contributed by atoms with E-state index in [2.05, 4.69) is 4.99 Å². The number of non-ortho nitro benzene ring substituents is 1. The number of ether oxygens (including phenoxy) is 4. The maximum Gasteiger partial charge on any atom is 0.338 e. The third kappa shape index (κ3) is 6.71. The van der Waals surface area contributed by atoms with E-state index >= 15 is 0 Å². The molecule has 4 aromatic rings. The lowest BCUT2D eigenvalue weighted by Crippen LogP contribution is -2.40. The first-order chi connectivity index (χ1) is 22.2. The van der Waals surface area contributed by atoms with Gasteiger partial charge in [-0.15, -0.1) is 0 Å². The Kier molecular flexibility index (Phi) is 9.97. The van der Waals surface area contributed by atoms with E-state index in [0.29, 0.717) is 56.6 Å². The van der Waals surface area contributed by atoms with E-state index in [9.17, 15) is 19.7 Å². The molecule has 0 saturated carbocycles. The van der Waals surface area contributed by atoms with Gasteiger partial charge in [0.2, 0.25) is 0 Å². The molecule has 0 saturated heterocycles. The minimum absolute atomic E-state index is 0.00136. The van der Waals surface area contributed by atoms with Gasteiger partial charge in [0.15, 0.2) is 16.3 Å². The van der Waals surface area contributed by atoms with Crippen molar-refractivity contribution in [3.05, 3.63) is 124 Å². The predicted molar refractivity (Wildman–Crippen MR) is 173 cm³/mol. The van der Waals surface area contributed by atoms with Crippen LogP contribution in [0, 0.1) is 10.1 Å². The first kappa shape index (κ1) is 32.2. The Hall–Kier alpha value is -5.23. The van der Waals surface area contributed by atoms with Crippen molar-refractivity contribution in [2.24, 2.45) is 4.99 Å². The zero-order valence-corrected chi connectivity index (χ0v) is 26.7. The number of allylic oxidation sites excluding steroid dienone is 1. The quantitative estimate of drug-likeness (QED) is 0.119. The van der Waals surface area contributed by atoms with Crippen LogP contribution in [-0.2, 0) is 16.1 Å². The molecule has 1 atom stereocenters. The van der Waals surface area contributed by atoms with Crippen molar-refractivity contribution in [2.75, 3.05) is 19.8 Å². The lowest BCUT2D eigenvalue weighted by atomic mass is 9.95. The zero-order chi connectivity index (χ0) is 32.8. The summed E-state index contributed by atoms with van der Waals surface area (Å²) in [5.74, 6) is 1.03. The fourth-order valence-corrected chi connectivity index (χ4v) is 6.13. The third-order valence-corrected chi connectivity index (χ3v) is 8.13. The van der Waals surface area contributed by atoms with Gasteiger partial charge in [0.05, 0.1) is 46.6 Å². The summed E-state index contributed by atoms with van der Waals surface area (Å²) in [5.41, 5.74) is 2.44. The number of thiazole rings is 1. The van der Waals surface area contributed by atoms with Gasteiger partial charge in [-0.25, -0.2) is 9.79 Å². The van der Waals surface area contributed by atoms with Crippen molar-refractivity contribution in [3.63, 3.8) is 0 Å². The molecule has 12 heteroatoms. The van der Waals surface area contributed by atoms with Gasteiger partial charge in [0.25, 0.3) is 11.2 Å². The van der Waals surface area contributed by atoms with Crippen LogP contribution in [0.2, 0.25) is 0 Å². The number of nitro benzene ring substituents is 1. The van der Waals surface area contributed by atoms with Crippen LogP contribution >= 0.6 is 11.3 Å². The smallest absolute Gasteiger partial charge is 0.338 e. The van der Waals surface area contributed by atoms with Gasteiger partial charge in [-0.3, -0.25) is 19.5 Å². The summed E-state index contributed by atoms with van der Waals surface area (Å²) in [6.45, 7) is 8.39. The molecule has 0 unspecified atom stereocenters. The number of hydrogen-bond acceptors (Lipinski definition) is 10. The lowest BCUT2D eigenvalue weighted by molar-refractivity contribution is -0.384. The second-order valence-corrected chi connectivity index (χ2v) is 11.1. The van der Waals surface area contributed by atoms with Crippen molar-refractivity contribution < 1.29 is 28.7 Å². The van der Waals surface area contributed by atoms with Crippen LogP contribution < -0.4 is 29.1 Å². The highest BCUT2D eigenvalue weighted by Gasteiger charge is 2.34. The minimum atomic E-state index is -0.819. The van der Waals surface area contributed by atoms with E-state index in [-0.39, 0.29) is 30.0 Å². The molecule has 0 bridgehead atoms. The average Bonchev–Trinajstić information content (AvgIpc) is 3.35.